The van der Waals surface area contributed by atoms with Crippen molar-refractivity contribution in [2.75, 3.05) is 0 Å². The summed E-state index contributed by atoms with van der Waals surface area (Å²) in [6.07, 6.45) is 4.42. The van der Waals surface area contributed by atoms with Gasteiger partial charge in [0.05, 0.1) is 5.69 Å². The van der Waals surface area contributed by atoms with Crippen molar-refractivity contribution in [3.8, 4) is 0 Å². The molecule has 1 aliphatic rings. The normalized spacial score (nSPS) is 17.3. The number of nitrogens with zero attached hydrogens (tertiary/aromatic N) is 1. The standard InChI is InChI=1S/C25H23N/c1-17-15-24(19(3)18(17)2)23-14-13-20-9-7-8-12-22(20)25(23)16-26-21-10-5-4-6-11-21/h4-16,24H,1-3H3. The van der Waals surface area contributed by atoms with Gasteiger partial charge in [0.25, 0.3) is 0 Å². The van der Waals surface area contributed by atoms with Gasteiger partial charge in [-0.25, -0.2) is 0 Å². The van der Waals surface area contributed by atoms with Gasteiger partial charge in [-0.1, -0.05) is 71.8 Å². The van der Waals surface area contributed by atoms with E-state index >= 15 is 0 Å². The van der Waals surface area contributed by atoms with Crippen molar-refractivity contribution in [1.29, 1.82) is 0 Å². The first-order valence-corrected chi connectivity index (χ1v) is 9.12. The molecule has 0 N–H and O–H groups in total. The summed E-state index contributed by atoms with van der Waals surface area (Å²) in [5, 5.41) is 2.51. The number of hydrogen-bond donors (Lipinski definition) is 0. The molecule has 1 atom stereocenters. The fourth-order valence-corrected chi connectivity index (χ4v) is 3.75. The minimum Gasteiger partial charge on any atom is -0.256 e. The molecule has 0 radical (unpaired) electrons. The van der Waals surface area contributed by atoms with Gasteiger partial charge in [0.1, 0.15) is 0 Å². The van der Waals surface area contributed by atoms with Crippen LogP contribution in [0.25, 0.3) is 10.8 Å². The highest BCUT2D eigenvalue weighted by atomic mass is 14.7. The number of para-hydroxylation sites is 1. The molecule has 0 aromatic heterocycles. The highest BCUT2D eigenvalue weighted by Gasteiger charge is 2.22. The van der Waals surface area contributed by atoms with Crippen LogP contribution < -0.4 is 0 Å². The van der Waals surface area contributed by atoms with Crippen molar-refractivity contribution >= 4 is 22.7 Å². The molecule has 3 aromatic rings. The van der Waals surface area contributed by atoms with Gasteiger partial charge in [-0.2, -0.15) is 0 Å². The van der Waals surface area contributed by atoms with Crippen molar-refractivity contribution in [1.82, 2.24) is 0 Å². The summed E-state index contributed by atoms with van der Waals surface area (Å²) in [5.74, 6) is 0.330. The molecule has 0 saturated heterocycles. The topological polar surface area (TPSA) is 12.4 Å². The Labute approximate surface area is 155 Å². The van der Waals surface area contributed by atoms with Crippen LogP contribution in [0.15, 0.2) is 94.5 Å². The zero-order valence-electron chi connectivity index (χ0n) is 15.5. The maximum absolute atomic E-state index is 4.76. The lowest BCUT2D eigenvalue weighted by Gasteiger charge is -2.16. The second-order valence-electron chi connectivity index (χ2n) is 7.02. The van der Waals surface area contributed by atoms with Gasteiger partial charge in [-0.3, -0.25) is 4.99 Å². The maximum Gasteiger partial charge on any atom is 0.0629 e. The monoisotopic (exact) mass is 337 g/mol. The minimum absolute atomic E-state index is 0.330. The molecule has 0 bridgehead atoms. The van der Waals surface area contributed by atoms with Crippen LogP contribution in [0, 0.1) is 0 Å². The average molecular weight is 337 g/mol. The molecule has 0 aliphatic heterocycles. The zero-order chi connectivity index (χ0) is 18.1. The molecule has 1 nitrogen and oxygen atoms in total. The van der Waals surface area contributed by atoms with Crippen molar-refractivity contribution in [3.05, 3.63) is 101 Å². The molecule has 1 heteroatoms. The highest BCUT2D eigenvalue weighted by molar-refractivity contribution is 6.02. The Morgan fingerprint density at radius 1 is 0.808 bits per heavy atom. The van der Waals surface area contributed by atoms with Crippen molar-refractivity contribution in [3.63, 3.8) is 0 Å². The van der Waals surface area contributed by atoms with Crippen LogP contribution in [0.4, 0.5) is 5.69 Å². The first-order chi connectivity index (χ1) is 12.6. The number of hydrogen-bond acceptors (Lipinski definition) is 1. The molecule has 0 heterocycles. The molecule has 1 unspecified atom stereocenters. The summed E-state index contributed by atoms with van der Waals surface area (Å²) in [4.78, 5) is 4.76. The lowest BCUT2D eigenvalue weighted by Crippen LogP contribution is -2.01. The summed E-state index contributed by atoms with van der Waals surface area (Å²) in [7, 11) is 0. The molecular weight excluding hydrogens is 314 g/mol. The third-order valence-corrected chi connectivity index (χ3v) is 5.50. The third kappa shape index (κ3) is 2.90. The van der Waals surface area contributed by atoms with E-state index in [2.05, 4.69) is 63.2 Å². The SMILES string of the molecule is CC1=CC(c2ccc3ccccc3c2C=Nc2ccccc2)C(C)=C1C. The molecule has 4 rings (SSSR count). The Morgan fingerprint density at radius 2 is 1.54 bits per heavy atom. The number of rotatable bonds is 3. The van der Waals surface area contributed by atoms with E-state index in [4.69, 9.17) is 4.99 Å². The highest BCUT2D eigenvalue weighted by Crippen LogP contribution is 2.40. The van der Waals surface area contributed by atoms with Crippen LogP contribution in [0.1, 0.15) is 37.8 Å². The Balaban J connectivity index is 1.90. The van der Waals surface area contributed by atoms with Crippen molar-refractivity contribution < 1.29 is 0 Å². The Bertz CT molecular complexity index is 1050. The van der Waals surface area contributed by atoms with Gasteiger partial charge in [0, 0.05) is 17.7 Å². The first kappa shape index (κ1) is 16.5. The lowest BCUT2D eigenvalue weighted by molar-refractivity contribution is 1.00. The number of fused-ring (bicyclic) bond motifs is 1. The molecule has 1 aliphatic carbocycles. The molecule has 0 amide bonds. The first-order valence-electron chi connectivity index (χ1n) is 9.12. The fourth-order valence-electron chi connectivity index (χ4n) is 3.75. The predicted molar refractivity (Wildman–Crippen MR) is 113 cm³/mol. The molecule has 26 heavy (non-hydrogen) atoms. The smallest absolute Gasteiger partial charge is 0.0629 e. The molecule has 0 spiro atoms. The van der Waals surface area contributed by atoms with E-state index in [9.17, 15) is 0 Å². The van der Waals surface area contributed by atoms with Crippen LogP contribution in [0.3, 0.4) is 0 Å². The third-order valence-electron chi connectivity index (χ3n) is 5.50. The summed E-state index contributed by atoms with van der Waals surface area (Å²) in [5.41, 5.74) is 7.76. The van der Waals surface area contributed by atoms with Crippen LogP contribution in [-0.4, -0.2) is 6.21 Å². The molecular formula is C25H23N. The van der Waals surface area contributed by atoms with E-state index in [-0.39, 0.29) is 0 Å². The van der Waals surface area contributed by atoms with Crippen LogP contribution in [-0.2, 0) is 0 Å². The summed E-state index contributed by atoms with van der Waals surface area (Å²) in [6.45, 7) is 6.68. The van der Waals surface area contributed by atoms with Gasteiger partial charge < -0.3 is 0 Å². The largest absolute Gasteiger partial charge is 0.256 e. The molecule has 128 valence electrons. The van der Waals surface area contributed by atoms with E-state index in [1.54, 1.807) is 0 Å². The minimum atomic E-state index is 0.330. The number of benzene rings is 3. The zero-order valence-corrected chi connectivity index (χ0v) is 15.5. The Hall–Kier alpha value is -2.93. The van der Waals surface area contributed by atoms with Crippen LogP contribution in [0.5, 0.6) is 0 Å². The lowest BCUT2D eigenvalue weighted by atomic mass is 9.87. The van der Waals surface area contributed by atoms with Crippen LogP contribution in [0.2, 0.25) is 0 Å². The average Bonchev–Trinajstić information content (AvgIpc) is 2.94. The summed E-state index contributed by atoms with van der Waals surface area (Å²) in [6, 6.07) is 23.2. The van der Waals surface area contributed by atoms with Gasteiger partial charge >= 0.3 is 0 Å². The Kier molecular flexibility index (Phi) is 4.30. The fraction of sp³-hybridized carbons (Fsp3) is 0.160. The van der Waals surface area contributed by atoms with E-state index in [1.807, 2.05) is 36.5 Å². The second kappa shape index (κ2) is 6.76. The molecule has 0 fully saturated rings. The van der Waals surface area contributed by atoms with Crippen LogP contribution >= 0.6 is 0 Å². The predicted octanol–water partition coefficient (Wildman–Crippen LogP) is 6.97. The Morgan fingerprint density at radius 3 is 2.27 bits per heavy atom. The van der Waals surface area contributed by atoms with Gasteiger partial charge in [-0.15, -0.1) is 0 Å². The number of allylic oxidation sites excluding steroid dienone is 4. The van der Waals surface area contributed by atoms with E-state index in [0.717, 1.165) is 5.69 Å². The summed E-state index contributed by atoms with van der Waals surface area (Å²) >= 11 is 0. The number of aliphatic imine (C=N–C) groups is 1. The van der Waals surface area contributed by atoms with E-state index < -0.39 is 0 Å². The maximum atomic E-state index is 4.76. The molecule has 0 saturated carbocycles. The van der Waals surface area contributed by atoms with Gasteiger partial charge in [-0.05, 0) is 54.8 Å². The van der Waals surface area contributed by atoms with Crippen molar-refractivity contribution in [2.24, 2.45) is 4.99 Å². The van der Waals surface area contributed by atoms with Gasteiger partial charge in [0.2, 0.25) is 0 Å². The van der Waals surface area contributed by atoms with E-state index in [1.165, 1.54) is 38.6 Å². The molecule has 3 aromatic carbocycles. The van der Waals surface area contributed by atoms with Gasteiger partial charge in [0.15, 0.2) is 0 Å². The quantitative estimate of drug-likeness (QED) is 0.458. The van der Waals surface area contributed by atoms with E-state index in [0.29, 0.717) is 5.92 Å². The second-order valence-corrected chi connectivity index (χ2v) is 7.02. The van der Waals surface area contributed by atoms with Crippen molar-refractivity contribution in [2.45, 2.75) is 26.7 Å². The summed E-state index contributed by atoms with van der Waals surface area (Å²) < 4.78 is 0.